The number of carbonyl (C=O) groups is 1. The lowest BCUT2D eigenvalue weighted by Gasteiger charge is -2.02. The Morgan fingerprint density at radius 3 is 3.11 bits per heavy atom. The number of aromatic amines is 1. The molecular formula is C12H10N4OS. The number of hydrogen-bond donors (Lipinski definition) is 2. The van der Waals surface area contributed by atoms with Crippen molar-refractivity contribution in [3.05, 3.63) is 40.5 Å². The van der Waals surface area contributed by atoms with Crippen molar-refractivity contribution in [2.75, 3.05) is 5.32 Å². The summed E-state index contributed by atoms with van der Waals surface area (Å²) < 4.78 is 0. The average molecular weight is 258 g/mol. The summed E-state index contributed by atoms with van der Waals surface area (Å²) in [7, 11) is 0. The number of benzene rings is 1. The summed E-state index contributed by atoms with van der Waals surface area (Å²) in [5.74, 6) is -0.196. The molecule has 5 nitrogen and oxygen atoms in total. The molecule has 6 heteroatoms. The summed E-state index contributed by atoms with van der Waals surface area (Å²) in [5.41, 5.74) is 2.06. The van der Waals surface area contributed by atoms with Crippen LogP contribution in [0.3, 0.4) is 0 Å². The molecule has 0 saturated heterocycles. The van der Waals surface area contributed by atoms with Crippen LogP contribution >= 0.6 is 11.3 Å². The summed E-state index contributed by atoms with van der Waals surface area (Å²) in [6, 6.07) is 5.59. The molecule has 2 aromatic heterocycles. The second-order valence-electron chi connectivity index (χ2n) is 3.88. The second kappa shape index (κ2) is 4.23. The molecule has 1 amide bonds. The van der Waals surface area contributed by atoms with Gasteiger partial charge in [-0.1, -0.05) is 0 Å². The lowest BCUT2D eigenvalue weighted by atomic mass is 10.2. The number of aryl methyl sites for hydroxylation is 1. The van der Waals surface area contributed by atoms with Crippen LogP contribution in [0.4, 0.5) is 5.69 Å². The van der Waals surface area contributed by atoms with E-state index in [9.17, 15) is 4.79 Å². The first kappa shape index (κ1) is 10.9. The Hall–Kier alpha value is -2.21. The van der Waals surface area contributed by atoms with E-state index < -0.39 is 0 Å². The number of nitrogens with one attached hydrogen (secondary N) is 2. The highest BCUT2D eigenvalue weighted by Crippen LogP contribution is 2.17. The Bertz CT molecular complexity index is 716. The lowest BCUT2D eigenvalue weighted by Crippen LogP contribution is -2.12. The van der Waals surface area contributed by atoms with E-state index in [0.29, 0.717) is 5.69 Å². The lowest BCUT2D eigenvalue weighted by molar-refractivity contribution is 0.102. The van der Waals surface area contributed by atoms with E-state index in [1.54, 1.807) is 11.6 Å². The number of hydrogen-bond acceptors (Lipinski definition) is 4. The first-order chi connectivity index (χ1) is 8.72. The van der Waals surface area contributed by atoms with Crippen molar-refractivity contribution in [1.82, 2.24) is 15.2 Å². The summed E-state index contributed by atoms with van der Waals surface area (Å²) in [4.78, 5) is 16.1. The van der Waals surface area contributed by atoms with Crippen LogP contribution in [0.15, 0.2) is 29.8 Å². The number of carbonyl (C=O) groups excluding carboxylic acids is 1. The molecule has 0 spiro atoms. The van der Waals surface area contributed by atoms with E-state index in [4.69, 9.17) is 0 Å². The number of amides is 1. The van der Waals surface area contributed by atoms with Crippen molar-refractivity contribution in [3.63, 3.8) is 0 Å². The van der Waals surface area contributed by atoms with Gasteiger partial charge in [0.05, 0.1) is 16.7 Å². The summed E-state index contributed by atoms with van der Waals surface area (Å²) in [5, 5.41) is 13.2. The fourth-order valence-corrected chi connectivity index (χ4v) is 2.27. The van der Waals surface area contributed by atoms with Crippen molar-refractivity contribution >= 4 is 33.8 Å². The number of fused-ring (bicyclic) bond motifs is 1. The fraction of sp³-hybridized carbons (Fsp3) is 0.0833. The van der Waals surface area contributed by atoms with Gasteiger partial charge in [-0.3, -0.25) is 9.89 Å². The van der Waals surface area contributed by atoms with Crippen molar-refractivity contribution in [3.8, 4) is 0 Å². The first-order valence-electron chi connectivity index (χ1n) is 5.39. The van der Waals surface area contributed by atoms with Gasteiger partial charge in [0.25, 0.3) is 5.91 Å². The third-order valence-corrected chi connectivity index (χ3v) is 3.32. The molecule has 0 bridgehead atoms. The highest BCUT2D eigenvalue weighted by molar-refractivity contribution is 7.09. The topological polar surface area (TPSA) is 70.7 Å². The summed E-state index contributed by atoms with van der Waals surface area (Å²) >= 11 is 1.46. The maximum Gasteiger partial charge on any atom is 0.275 e. The molecule has 0 radical (unpaired) electrons. The van der Waals surface area contributed by atoms with Gasteiger partial charge < -0.3 is 5.32 Å². The molecule has 3 rings (SSSR count). The minimum Gasteiger partial charge on any atom is -0.321 e. The van der Waals surface area contributed by atoms with Gasteiger partial charge in [0.1, 0.15) is 5.69 Å². The first-order valence-corrected chi connectivity index (χ1v) is 6.27. The molecule has 1 aromatic carbocycles. The number of nitrogens with zero attached hydrogens (tertiary/aromatic N) is 2. The molecule has 0 aliphatic carbocycles. The van der Waals surface area contributed by atoms with E-state index in [-0.39, 0.29) is 5.91 Å². The third kappa shape index (κ3) is 1.98. The van der Waals surface area contributed by atoms with Gasteiger partial charge in [-0.25, -0.2) is 4.98 Å². The second-order valence-corrected chi connectivity index (χ2v) is 4.94. The van der Waals surface area contributed by atoms with E-state index in [2.05, 4.69) is 20.5 Å². The number of thiazole rings is 1. The van der Waals surface area contributed by atoms with Crippen molar-refractivity contribution in [1.29, 1.82) is 0 Å². The largest absolute Gasteiger partial charge is 0.321 e. The number of aromatic nitrogens is 3. The summed E-state index contributed by atoms with van der Waals surface area (Å²) in [6.07, 6.45) is 1.74. The predicted molar refractivity (Wildman–Crippen MR) is 70.9 cm³/mol. The molecule has 0 atom stereocenters. The highest BCUT2D eigenvalue weighted by Gasteiger charge is 2.09. The van der Waals surface area contributed by atoms with Crippen LogP contribution in [0.25, 0.3) is 10.9 Å². The van der Waals surface area contributed by atoms with Gasteiger partial charge in [0.2, 0.25) is 0 Å². The zero-order valence-electron chi connectivity index (χ0n) is 9.60. The van der Waals surface area contributed by atoms with Gasteiger partial charge in [-0.2, -0.15) is 5.10 Å². The molecule has 2 heterocycles. The van der Waals surface area contributed by atoms with Crippen LogP contribution in [-0.4, -0.2) is 21.1 Å². The Morgan fingerprint density at radius 2 is 2.33 bits per heavy atom. The minimum absolute atomic E-state index is 0.196. The third-order valence-electron chi connectivity index (χ3n) is 2.55. The van der Waals surface area contributed by atoms with Gasteiger partial charge in [0.15, 0.2) is 0 Å². The number of H-pyrrole nitrogens is 1. The molecule has 0 saturated carbocycles. The average Bonchev–Trinajstić information content (AvgIpc) is 2.96. The van der Waals surface area contributed by atoms with Crippen LogP contribution in [0.1, 0.15) is 15.5 Å². The Morgan fingerprint density at radius 1 is 1.44 bits per heavy atom. The van der Waals surface area contributed by atoms with E-state index in [1.165, 1.54) is 11.3 Å². The minimum atomic E-state index is -0.196. The standard InChI is InChI=1S/C12H10N4OS/c1-7-14-11(6-18-7)12(17)15-9-3-2-8-5-13-16-10(8)4-9/h2-6H,1H3,(H,13,16)(H,15,17). The summed E-state index contributed by atoms with van der Waals surface area (Å²) in [6.45, 7) is 1.87. The predicted octanol–water partition coefficient (Wildman–Crippen LogP) is 2.58. The normalized spacial score (nSPS) is 10.7. The smallest absolute Gasteiger partial charge is 0.275 e. The maximum absolute atomic E-state index is 11.9. The van der Waals surface area contributed by atoms with E-state index in [0.717, 1.165) is 21.6 Å². The molecule has 18 heavy (non-hydrogen) atoms. The van der Waals surface area contributed by atoms with Crippen LogP contribution in [0, 0.1) is 6.92 Å². The monoisotopic (exact) mass is 258 g/mol. The molecule has 0 unspecified atom stereocenters. The Labute approximate surface area is 107 Å². The molecule has 0 aliphatic heterocycles. The van der Waals surface area contributed by atoms with Crippen LogP contribution in [0.5, 0.6) is 0 Å². The molecule has 0 fully saturated rings. The number of rotatable bonds is 2. The molecule has 0 aliphatic rings. The quantitative estimate of drug-likeness (QED) is 0.742. The zero-order valence-corrected chi connectivity index (χ0v) is 10.4. The molecule has 3 aromatic rings. The highest BCUT2D eigenvalue weighted by atomic mass is 32.1. The zero-order chi connectivity index (χ0) is 12.5. The van der Waals surface area contributed by atoms with Gasteiger partial charge >= 0.3 is 0 Å². The van der Waals surface area contributed by atoms with Crippen LogP contribution < -0.4 is 5.32 Å². The Balaban J connectivity index is 1.85. The fourth-order valence-electron chi connectivity index (χ4n) is 1.68. The number of anilines is 1. The van der Waals surface area contributed by atoms with Gasteiger partial charge in [-0.05, 0) is 25.1 Å². The molecule has 90 valence electrons. The van der Waals surface area contributed by atoms with Crippen molar-refractivity contribution in [2.45, 2.75) is 6.92 Å². The van der Waals surface area contributed by atoms with Crippen LogP contribution in [-0.2, 0) is 0 Å². The van der Waals surface area contributed by atoms with Gasteiger partial charge in [-0.15, -0.1) is 11.3 Å². The van der Waals surface area contributed by atoms with E-state index >= 15 is 0 Å². The van der Waals surface area contributed by atoms with Crippen molar-refractivity contribution in [2.24, 2.45) is 0 Å². The van der Waals surface area contributed by atoms with Crippen molar-refractivity contribution < 1.29 is 4.79 Å². The van der Waals surface area contributed by atoms with E-state index in [1.807, 2.05) is 25.1 Å². The SMILES string of the molecule is Cc1nc(C(=O)Nc2ccc3cn[nH]c3c2)cs1. The maximum atomic E-state index is 11.9. The molecule has 2 N–H and O–H groups in total. The molecular weight excluding hydrogens is 248 g/mol. The Kier molecular flexibility index (Phi) is 2.56. The van der Waals surface area contributed by atoms with Crippen LogP contribution in [0.2, 0.25) is 0 Å². The van der Waals surface area contributed by atoms with Gasteiger partial charge in [0, 0.05) is 16.5 Å².